The summed E-state index contributed by atoms with van der Waals surface area (Å²) >= 11 is 5.61. The molecule has 0 unspecified atom stereocenters. The fraction of sp³-hybridized carbons (Fsp3) is 0.143. The van der Waals surface area contributed by atoms with Gasteiger partial charge in [0.1, 0.15) is 0 Å². The van der Waals surface area contributed by atoms with Crippen molar-refractivity contribution in [2.75, 3.05) is 6.26 Å². The first-order chi connectivity index (χ1) is 6.30. The molecule has 1 rings (SSSR count). The van der Waals surface area contributed by atoms with E-state index in [1.54, 1.807) is 0 Å². The van der Waals surface area contributed by atoms with Crippen LogP contribution in [0, 0.1) is 0 Å². The van der Waals surface area contributed by atoms with Crippen LogP contribution in [-0.2, 0) is 9.84 Å². The maximum atomic E-state index is 11.1. The van der Waals surface area contributed by atoms with E-state index in [2.05, 4.69) is 0 Å². The summed E-state index contributed by atoms with van der Waals surface area (Å²) in [5, 5.41) is 17.8. The van der Waals surface area contributed by atoms with Crippen molar-refractivity contribution in [1.82, 2.24) is 0 Å². The molecule has 0 aliphatic heterocycles. The number of hydrogen-bond donors (Lipinski definition) is 2. The van der Waals surface area contributed by atoms with Crippen LogP contribution in [0.15, 0.2) is 23.1 Å². The SMILES string of the molecule is CS(=O)(=O)c1cc(Cl)cc(B(O)O)c1. The zero-order valence-electron chi connectivity index (χ0n) is 7.31. The number of rotatable bonds is 2. The number of benzene rings is 1. The molecule has 0 saturated carbocycles. The van der Waals surface area contributed by atoms with Gasteiger partial charge in [-0.2, -0.15) is 0 Å². The van der Waals surface area contributed by atoms with Crippen molar-refractivity contribution in [1.29, 1.82) is 0 Å². The van der Waals surface area contributed by atoms with E-state index in [9.17, 15) is 8.42 Å². The summed E-state index contributed by atoms with van der Waals surface area (Å²) in [6.45, 7) is 0. The molecule has 0 atom stereocenters. The Kier molecular flexibility index (Phi) is 3.21. The molecule has 0 heterocycles. The topological polar surface area (TPSA) is 74.6 Å². The van der Waals surface area contributed by atoms with Crippen LogP contribution in [0.2, 0.25) is 5.02 Å². The quantitative estimate of drug-likeness (QED) is 0.672. The van der Waals surface area contributed by atoms with Gasteiger partial charge in [-0.25, -0.2) is 8.42 Å². The summed E-state index contributed by atoms with van der Waals surface area (Å²) in [6, 6.07) is 3.72. The van der Waals surface area contributed by atoms with E-state index in [-0.39, 0.29) is 15.4 Å². The molecule has 0 aliphatic carbocycles. The van der Waals surface area contributed by atoms with Crippen LogP contribution in [0.4, 0.5) is 0 Å². The lowest BCUT2D eigenvalue weighted by Crippen LogP contribution is -2.30. The molecule has 1 aromatic carbocycles. The number of halogens is 1. The predicted octanol–water partition coefficient (Wildman–Crippen LogP) is -0.577. The molecule has 0 spiro atoms. The average molecular weight is 234 g/mol. The molecule has 0 fully saturated rings. The zero-order chi connectivity index (χ0) is 10.9. The Bertz CT molecular complexity index is 443. The summed E-state index contributed by atoms with van der Waals surface area (Å²) in [7, 11) is -5.12. The highest BCUT2D eigenvalue weighted by molar-refractivity contribution is 7.90. The third kappa shape index (κ3) is 2.72. The average Bonchev–Trinajstić information content (AvgIpc) is 2.01. The third-order valence-corrected chi connectivity index (χ3v) is 2.93. The summed E-state index contributed by atoms with van der Waals surface area (Å²) in [6.07, 6.45) is 1.02. The normalized spacial score (nSPS) is 11.4. The highest BCUT2D eigenvalue weighted by atomic mass is 35.5. The molecule has 0 aliphatic rings. The minimum Gasteiger partial charge on any atom is -0.423 e. The maximum absolute atomic E-state index is 11.1. The lowest BCUT2D eigenvalue weighted by atomic mass is 9.80. The minimum absolute atomic E-state index is 0.0342. The van der Waals surface area contributed by atoms with Crippen LogP contribution >= 0.6 is 11.6 Å². The van der Waals surface area contributed by atoms with Crippen molar-refractivity contribution < 1.29 is 18.5 Å². The zero-order valence-corrected chi connectivity index (χ0v) is 8.88. The molecule has 4 nitrogen and oxygen atoms in total. The van der Waals surface area contributed by atoms with Gasteiger partial charge in [-0.3, -0.25) is 0 Å². The van der Waals surface area contributed by atoms with E-state index in [0.717, 1.165) is 6.26 Å². The summed E-state index contributed by atoms with van der Waals surface area (Å²) in [4.78, 5) is -0.0342. The molecule has 1 aromatic rings. The molecule has 7 heteroatoms. The smallest absolute Gasteiger partial charge is 0.423 e. The van der Waals surface area contributed by atoms with E-state index in [0.29, 0.717) is 0 Å². The van der Waals surface area contributed by atoms with E-state index in [1.807, 2.05) is 0 Å². The Labute approximate surface area is 87.2 Å². The van der Waals surface area contributed by atoms with Crippen molar-refractivity contribution >= 4 is 34.0 Å². The van der Waals surface area contributed by atoms with Gasteiger partial charge < -0.3 is 10.0 Å². The molecule has 0 radical (unpaired) electrons. The second-order valence-electron chi connectivity index (χ2n) is 2.87. The van der Waals surface area contributed by atoms with Crippen molar-refractivity contribution in [2.45, 2.75) is 4.90 Å². The van der Waals surface area contributed by atoms with Crippen molar-refractivity contribution in [2.24, 2.45) is 0 Å². The summed E-state index contributed by atoms with van der Waals surface area (Å²) in [5.41, 5.74) is 0.0536. The highest BCUT2D eigenvalue weighted by Crippen LogP contribution is 2.14. The van der Waals surface area contributed by atoms with Gasteiger partial charge in [-0.15, -0.1) is 0 Å². The number of sulfone groups is 1. The molecular formula is C7H8BClO4S. The molecular weight excluding hydrogens is 226 g/mol. The first kappa shape index (κ1) is 11.5. The van der Waals surface area contributed by atoms with Gasteiger partial charge in [-0.05, 0) is 23.7 Å². The Balaban J connectivity index is 3.35. The molecule has 0 aromatic heterocycles. The molecule has 0 amide bonds. The van der Waals surface area contributed by atoms with Gasteiger partial charge in [0, 0.05) is 11.3 Å². The number of hydrogen-bond acceptors (Lipinski definition) is 4. The lowest BCUT2D eigenvalue weighted by Gasteiger charge is -2.03. The van der Waals surface area contributed by atoms with E-state index < -0.39 is 17.0 Å². The molecule has 0 bridgehead atoms. The summed E-state index contributed by atoms with van der Waals surface area (Å²) in [5.74, 6) is 0. The van der Waals surface area contributed by atoms with Gasteiger partial charge in [-0.1, -0.05) is 11.6 Å². The monoisotopic (exact) mass is 234 g/mol. The van der Waals surface area contributed by atoms with Gasteiger partial charge in [0.2, 0.25) is 0 Å². The molecule has 2 N–H and O–H groups in total. The fourth-order valence-electron chi connectivity index (χ4n) is 0.948. The predicted molar refractivity (Wildman–Crippen MR) is 54.4 cm³/mol. The Morgan fingerprint density at radius 3 is 2.29 bits per heavy atom. The maximum Gasteiger partial charge on any atom is 0.488 e. The minimum atomic E-state index is -3.39. The van der Waals surface area contributed by atoms with Crippen LogP contribution < -0.4 is 5.46 Å². The molecule has 14 heavy (non-hydrogen) atoms. The lowest BCUT2D eigenvalue weighted by molar-refractivity contribution is 0.425. The Hall–Kier alpha value is -0.555. The van der Waals surface area contributed by atoms with E-state index >= 15 is 0 Å². The first-order valence-electron chi connectivity index (χ1n) is 3.67. The highest BCUT2D eigenvalue weighted by Gasteiger charge is 2.16. The van der Waals surface area contributed by atoms with Crippen LogP contribution in [0.1, 0.15) is 0 Å². The van der Waals surface area contributed by atoms with E-state index in [4.69, 9.17) is 21.6 Å². The van der Waals surface area contributed by atoms with Crippen molar-refractivity contribution in [3.8, 4) is 0 Å². The fourth-order valence-corrected chi connectivity index (χ4v) is 1.95. The Morgan fingerprint density at radius 2 is 1.86 bits per heavy atom. The molecule has 0 saturated heterocycles. The second-order valence-corrected chi connectivity index (χ2v) is 5.32. The second kappa shape index (κ2) is 3.90. The molecule has 76 valence electrons. The van der Waals surface area contributed by atoms with Gasteiger partial charge in [0.15, 0.2) is 9.84 Å². The van der Waals surface area contributed by atoms with Gasteiger partial charge in [0.05, 0.1) is 4.90 Å². The van der Waals surface area contributed by atoms with Crippen LogP contribution in [0.3, 0.4) is 0 Å². The van der Waals surface area contributed by atoms with Crippen molar-refractivity contribution in [3.63, 3.8) is 0 Å². The van der Waals surface area contributed by atoms with Gasteiger partial charge in [0.25, 0.3) is 0 Å². The van der Waals surface area contributed by atoms with E-state index in [1.165, 1.54) is 18.2 Å². The van der Waals surface area contributed by atoms with Crippen LogP contribution in [0.5, 0.6) is 0 Å². The summed E-state index contributed by atoms with van der Waals surface area (Å²) < 4.78 is 22.3. The van der Waals surface area contributed by atoms with Gasteiger partial charge >= 0.3 is 7.12 Å². The van der Waals surface area contributed by atoms with Crippen LogP contribution in [-0.4, -0.2) is 31.8 Å². The standard InChI is InChI=1S/C7H8BClO4S/c1-14(12,13)7-3-5(8(10)11)2-6(9)4-7/h2-4,10-11H,1H3. The first-order valence-corrected chi connectivity index (χ1v) is 5.94. The Morgan fingerprint density at radius 1 is 1.29 bits per heavy atom. The van der Waals surface area contributed by atoms with Crippen LogP contribution in [0.25, 0.3) is 0 Å². The third-order valence-electron chi connectivity index (χ3n) is 1.62. The largest absolute Gasteiger partial charge is 0.488 e. The van der Waals surface area contributed by atoms with Crippen molar-refractivity contribution in [3.05, 3.63) is 23.2 Å².